The van der Waals surface area contributed by atoms with Crippen molar-refractivity contribution in [1.29, 1.82) is 0 Å². The molecular weight excluding hydrogens is 328 g/mol. The molecule has 138 valence electrons. The first-order valence-corrected chi connectivity index (χ1v) is 11.0. The van der Waals surface area contributed by atoms with E-state index in [0.717, 1.165) is 32.1 Å². The van der Waals surface area contributed by atoms with Crippen molar-refractivity contribution in [3.05, 3.63) is 0 Å². The highest BCUT2D eigenvalue weighted by Crippen LogP contribution is 2.31. The zero-order valence-corrected chi connectivity index (χ0v) is 15.6. The number of hydrogen-bond donors (Lipinski definition) is 1. The van der Waals surface area contributed by atoms with Crippen molar-refractivity contribution in [1.82, 2.24) is 10.2 Å². The lowest BCUT2D eigenvalue weighted by Crippen LogP contribution is -2.45. The third-order valence-electron chi connectivity index (χ3n) is 5.27. The number of hydrogen-bond acceptors (Lipinski definition) is 4. The monoisotopic (exact) mass is 358 g/mol. The van der Waals surface area contributed by atoms with E-state index >= 15 is 0 Å². The molecule has 2 aliphatic rings. The molecule has 6 nitrogen and oxygen atoms in total. The van der Waals surface area contributed by atoms with E-state index in [2.05, 4.69) is 5.32 Å². The van der Waals surface area contributed by atoms with Gasteiger partial charge in [-0.3, -0.25) is 9.59 Å². The van der Waals surface area contributed by atoms with Gasteiger partial charge < -0.3 is 10.2 Å². The van der Waals surface area contributed by atoms with Gasteiger partial charge in [-0.1, -0.05) is 6.92 Å². The Labute approximate surface area is 145 Å². The van der Waals surface area contributed by atoms with Gasteiger partial charge in [0.2, 0.25) is 11.8 Å². The number of carbonyl (C=O) groups excluding carboxylic acids is 2. The van der Waals surface area contributed by atoms with Crippen LogP contribution in [0.4, 0.5) is 0 Å². The Morgan fingerprint density at radius 2 is 1.67 bits per heavy atom. The molecule has 1 unspecified atom stereocenters. The Morgan fingerprint density at radius 3 is 2.17 bits per heavy atom. The number of rotatable bonds is 6. The van der Waals surface area contributed by atoms with Crippen LogP contribution >= 0.6 is 0 Å². The molecular formula is C17H30N2O4S. The number of nitrogens with one attached hydrogen (secondary N) is 1. The molecule has 2 fully saturated rings. The molecule has 1 aliphatic heterocycles. The normalized spacial score (nSPS) is 29.2. The molecule has 0 spiro atoms. The van der Waals surface area contributed by atoms with Gasteiger partial charge in [0.25, 0.3) is 0 Å². The average molecular weight is 359 g/mol. The summed E-state index contributed by atoms with van der Waals surface area (Å²) in [5.74, 6) is 0.419. The van der Waals surface area contributed by atoms with Gasteiger partial charge in [-0.15, -0.1) is 0 Å². The lowest BCUT2D eigenvalue weighted by Gasteiger charge is -2.34. The summed E-state index contributed by atoms with van der Waals surface area (Å²) in [6.07, 6.45) is 4.41. The van der Waals surface area contributed by atoms with Crippen molar-refractivity contribution < 1.29 is 18.0 Å². The van der Waals surface area contributed by atoms with Crippen LogP contribution in [-0.4, -0.2) is 55.8 Å². The Bertz CT molecular complexity index is 553. The van der Waals surface area contributed by atoms with Crippen LogP contribution in [0, 0.1) is 11.8 Å². The molecule has 0 bridgehead atoms. The maximum atomic E-state index is 12.8. The number of amides is 2. The van der Waals surface area contributed by atoms with Crippen LogP contribution in [0.3, 0.4) is 0 Å². The van der Waals surface area contributed by atoms with Gasteiger partial charge in [-0.2, -0.15) is 0 Å². The quantitative estimate of drug-likeness (QED) is 0.777. The third-order valence-corrected chi connectivity index (χ3v) is 7.02. The molecule has 1 aliphatic carbocycles. The lowest BCUT2D eigenvalue weighted by molar-refractivity contribution is -0.140. The van der Waals surface area contributed by atoms with Crippen molar-refractivity contribution in [2.75, 3.05) is 24.6 Å². The molecule has 1 saturated heterocycles. The maximum absolute atomic E-state index is 12.8. The van der Waals surface area contributed by atoms with Crippen molar-refractivity contribution >= 4 is 21.7 Å². The van der Waals surface area contributed by atoms with Crippen molar-refractivity contribution in [3.8, 4) is 0 Å². The summed E-state index contributed by atoms with van der Waals surface area (Å²) in [5.41, 5.74) is 0. The Hall–Kier alpha value is -1.11. The molecule has 2 rings (SSSR count). The second kappa shape index (κ2) is 8.32. The van der Waals surface area contributed by atoms with Crippen LogP contribution in [-0.2, 0) is 19.4 Å². The number of nitrogens with zero attached hydrogens (tertiary/aromatic N) is 1. The van der Waals surface area contributed by atoms with Crippen LogP contribution in [0.1, 0.15) is 52.4 Å². The maximum Gasteiger partial charge on any atom is 0.225 e. The van der Waals surface area contributed by atoms with Crippen molar-refractivity contribution in [2.24, 2.45) is 11.8 Å². The zero-order chi connectivity index (χ0) is 17.7. The predicted molar refractivity (Wildman–Crippen MR) is 93.2 cm³/mol. The van der Waals surface area contributed by atoms with Crippen molar-refractivity contribution in [2.45, 2.75) is 58.4 Å². The largest absolute Gasteiger partial charge is 0.356 e. The SMILES string of the molecule is CCCNC(=O)C1CCC(C(=O)N(CC)C2CCS(=O)(=O)C2)CC1. The summed E-state index contributed by atoms with van der Waals surface area (Å²) < 4.78 is 23.4. The average Bonchev–Trinajstić information content (AvgIpc) is 2.93. The van der Waals surface area contributed by atoms with Crippen LogP contribution in [0.25, 0.3) is 0 Å². The molecule has 1 heterocycles. The minimum absolute atomic E-state index is 0.0162. The fourth-order valence-corrected chi connectivity index (χ4v) is 5.58. The predicted octanol–water partition coefficient (Wildman–Crippen LogP) is 1.35. The van der Waals surface area contributed by atoms with Crippen LogP contribution in [0.2, 0.25) is 0 Å². The lowest BCUT2D eigenvalue weighted by atomic mass is 9.80. The van der Waals surface area contributed by atoms with E-state index < -0.39 is 9.84 Å². The van der Waals surface area contributed by atoms with Crippen LogP contribution in [0.15, 0.2) is 0 Å². The van der Waals surface area contributed by atoms with Crippen LogP contribution in [0.5, 0.6) is 0 Å². The fourth-order valence-electron chi connectivity index (χ4n) is 3.84. The highest BCUT2D eigenvalue weighted by molar-refractivity contribution is 7.91. The molecule has 24 heavy (non-hydrogen) atoms. The first-order chi connectivity index (χ1) is 11.4. The highest BCUT2D eigenvalue weighted by Gasteiger charge is 2.37. The minimum Gasteiger partial charge on any atom is -0.356 e. The van der Waals surface area contributed by atoms with Gasteiger partial charge in [-0.05, 0) is 45.4 Å². The molecule has 0 aromatic carbocycles. The first kappa shape index (κ1) is 19.2. The van der Waals surface area contributed by atoms with Crippen molar-refractivity contribution in [3.63, 3.8) is 0 Å². The molecule has 1 N–H and O–H groups in total. The van der Waals surface area contributed by atoms with Gasteiger partial charge in [-0.25, -0.2) is 8.42 Å². The molecule has 0 aromatic heterocycles. The van der Waals surface area contributed by atoms with E-state index in [1.807, 2.05) is 13.8 Å². The summed E-state index contributed by atoms with van der Waals surface area (Å²) in [7, 11) is -2.99. The molecule has 7 heteroatoms. The molecule has 2 amide bonds. The van der Waals surface area contributed by atoms with E-state index in [0.29, 0.717) is 19.5 Å². The zero-order valence-electron chi connectivity index (χ0n) is 14.8. The highest BCUT2D eigenvalue weighted by atomic mass is 32.2. The summed E-state index contributed by atoms with van der Waals surface area (Å²) in [6.45, 7) is 5.19. The minimum atomic E-state index is -2.99. The topological polar surface area (TPSA) is 83.6 Å². The van der Waals surface area contributed by atoms with Gasteiger partial charge in [0.15, 0.2) is 9.84 Å². The van der Waals surface area contributed by atoms with E-state index in [1.165, 1.54) is 0 Å². The summed E-state index contributed by atoms with van der Waals surface area (Å²) in [5, 5.41) is 2.93. The Morgan fingerprint density at radius 1 is 1.04 bits per heavy atom. The van der Waals surface area contributed by atoms with Gasteiger partial charge in [0.05, 0.1) is 11.5 Å². The van der Waals surface area contributed by atoms with Crippen LogP contribution < -0.4 is 5.32 Å². The molecule has 0 radical (unpaired) electrons. The van der Waals surface area contributed by atoms with E-state index in [9.17, 15) is 18.0 Å². The second-order valence-corrected chi connectivity index (χ2v) is 9.25. The first-order valence-electron chi connectivity index (χ1n) is 9.16. The molecule has 1 saturated carbocycles. The molecule has 0 aromatic rings. The Balaban J connectivity index is 1.88. The van der Waals surface area contributed by atoms with Gasteiger partial charge in [0.1, 0.15) is 0 Å². The fraction of sp³-hybridized carbons (Fsp3) is 0.882. The number of sulfone groups is 1. The summed E-state index contributed by atoms with van der Waals surface area (Å²) in [4.78, 5) is 26.6. The van der Waals surface area contributed by atoms with E-state index in [1.54, 1.807) is 4.90 Å². The molecule has 1 atom stereocenters. The van der Waals surface area contributed by atoms with E-state index in [-0.39, 0.29) is 41.2 Å². The van der Waals surface area contributed by atoms with Gasteiger partial charge >= 0.3 is 0 Å². The smallest absolute Gasteiger partial charge is 0.225 e. The Kier molecular flexibility index (Phi) is 6.66. The summed E-state index contributed by atoms with van der Waals surface area (Å²) in [6, 6.07) is -0.168. The second-order valence-electron chi connectivity index (χ2n) is 7.02. The van der Waals surface area contributed by atoms with Gasteiger partial charge in [0, 0.05) is 31.0 Å². The standard InChI is InChI=1S/C17H30N2O4S/c1-3-10-18-16(20)13-5-7-14(8-6-13)17(21)19(4-2)15-9-11-24(22,23)12-15/h13-15H,3-12H2,1-2H3,(H,18,20). The summed E-state index contributed by atoms with van der Waals surface area (Å²) >= 11 is 0. The number of carbonyl (C=O) groups is 2. The van der Waals surface area contributed by atoms with E-state index in [4.69, 9.17) is 0 Å². The third kappa shape index (κ3) is 4.71.